The Morgan fingerprint density at radius 3 is 2.26 bits per heavy atom. The molecule has 2 aliphatic carbocycles. The highest BCUT2D eigenvalue weighted by atomic mass is 15.2. The molecule has 0 radical (unpaired) electrons. The maximum absolute atomic E-state index is 9.50. The summed E-state index contributed by atoms with van der Waals surface area (Å²) in [7, 11) is 4.51. The molecule has 0 N–H and O–H groups in total. The first-order valence-corrected chi connectivity index (χ1v) is 10.9. The Morgan fingerprint density at radius 1 is 1.00 bits per heavy atom. The summed E-state index contributed by atoms with van der Waals surface area (Å²) >= 11 is 0. The average Bonchev–Trinajstić information content (AvgIpc) is 3.05. The SMILES string of the molecule is CN(C)C1(c2ccccc2)CCC2(CCN(CCC3(C#N)CCC3)C2)CC1. The van der Waals surface area contributed by atoms with Crippen molar-refractivity contribution in [2.75, 3.05) is 33.7 Å². The Hall–Kier alpha value is -1.37. The van der Waals surface area contributed by atoms with Gasteiger partial charge in [-0.1, -0.05) is 36.8 Å². The molecule has 146 valence electrons. The number of nitriles is 1. The van der Waals surface area contributed by atoms with Crippen LogP contribution in [0.5, 0.6) is 0 Å². The van der Waals surface area contributed by atoms with Crippen LogP contribution in [-0.2, 0) is 5.54 Å². The van der Waals surface area contributed by atoms with Crippen molar-refractivity contribution in [1.82, 2.24) is 9.80 Å². The third-order valence-electron chi connectivity index (χ3n) is 8.28. The molecule has 1 aromatic carbocycles. The second-order valence-electron chi connectivity index (χ2n) is 9.81. The van der Waals surface area contributed by atoms with Gasteiger partial charge in [0.2, 0.25) is 0 Å². The summed E-state index contributed by atoms with van der Waals surface area (Å²) in [6.45, 7) is 3.63. The number of rotatable bonds is 5. The molecule has 3 nitrogen and oxygen atoms in total. The molecule has 1 saturated heterocycles. The van der Waals surface area contributed by atoms with Crippen molar-refractivity contribution >= 4 is 0 Å². The van der Waals surface area contributed by atoms with Crippen LogP contribution in [0.2, 0.25) is 0 Å². The van der Waals surface area contributed by atoms with Crippen LogP contribution >= 0.6 is 0 Å². The highest BCUT2D eigenvalue weighted by Crippen LogP contribution is 2.52. The van der Waals surface area contributed by atoms with Crippen LogP contribution < -0.4 is 0 Å². The molecule has 3 aliphatic rings. The minimum Gasteiger partial charge on any atom is -0.303 e. The Balaban J connectivity index is 1.38. The molecule has 2 saturated carbocycles. The van der Waals surface area contributed by atoms with E-state index in [4.69, 9.17) is 0 Å². The summed E-state index contributed by atoms with van der Waals surface area (Å²) in [5.41, 5.74) is 2.24. The van der Waals surface area contributed by atoms with Crippen LogP contribution in [0.3, 0.4) is 0 Å². The molecular formula is C24H35N3. The van der Waals surface area contributed by atoms with Gasteiger partial charge in [0.1, 0.15) is 0 Å². The zero-order valence-electron chi connectivity index (χ0n) is 17.2. The van der Waals surface area contributed by atoms with E-state index in [0.29, 0.717) is 5.41 Å². The van der Waals surface area contributed by atoms with Gasteiger partial charge >= 0.3 is 0 Å². The summed E-state index contributed by atoms with van der Waals surface area (Å²) in [6.07, 6.45) is 11.1. The monoisotopic (exact) mass is 365 g/mol. The van der Waals surface area contributed by atoms with Gasteiger partial charge in [-0.25, -0.2) is 0 Å². The van der Waals surface area contributed by atoms with Gasteiger partial charge in [0.15, 0.2) is 0 Å². The highest BCUT2D eigenvalue weighted by Gasteiger charge is 2.48. The Bertz CT molecular complexity index is 675. The minimum absolute atomic E-state index is 0.0235. The van der Waals surface area contributed by atoms with Crippen molar-refractivity contribution in [3.8, 4) is 6.07 Å². The van der Waals surface area contributed by atoms with Gasteiger partial charge in [-0.3, -0.25) is 4.90 Å². The smallest absolute Gasteiger partial charge is 0.0690 e. The lowest BCUT2D eigenvalue weighted by atomic mass is 9.64. The molecule has 0 aromatic heterocycles. The summed E-state index contributed by atoms with van der Waals surface area (Å²) in [4.78, 5) is 5.14. The predicted molar refractivity (Wildman–Crippen MR) is 110 cm³/mol. The maximum Gasteiger partial charge on any atom is 0.0690 e. The maximum atomic E-state index is 9.50. The standard InChI is InChI=1S/C24H35N3/c1-26(2)24(21-7-4-3-5-8-21)13-11-23(12-14-24)16-18-27(20-23)17-15-22(19-25)9-6-10-22/h3-5,7-8H,6,9-18,20H2,1-2H3. The third-order valence-corrected chi connectivity index (χ3v) is 8.28. The van der Waals surface area contributed by atoms with E-state index in [9.17, 15) is 5.26 Å². The fraction of sp³-hybridized carbons (Fsp3) is 0.708. The number of benzene rings is 1. The van der Waals surface area contributed by atoms with Gasteiger partial charge in [0, 0.05) is 12.1 Å². The summed E-state index contributed by atoms with van der Waals surface area (Å²) in [6, 6.07) is 13.8. The van der Waals surface area contributed by atoms with Crippen molar-refractivity contribution in [2.45, 2.75) is 63.3 Å². The van der Waals surface area contributed by atoms with E-state index in [0.717, 1.165) is 25.8 Å². The normalized spacial score (nSPS) is 33.1. The van der Waals surface area contributed by atoms with Gasteiger partial charge in [-0.15, -0.1) is 0 Å². The van der Waals surface area contributed by atoms with E-state index >= 15 is 0 Å². The molecule has 0 amide bonds. The zero-order valence-corrected chi connectivity index (χ0v) is 17.2. The van der Waals surface area contributed by atoms with Crippen molar-refractivity contribution < 1.29 is 0 Å². The first kappa shape index (κ1) is 19.0. The van der Waals surface area contributed by atoms with Crippen molar-refractivity contribution in [2.24, 2.45) is 10.8 Å². The molecule has 1 aromatic rings. The molecule has 0 bridgehead atoms. The van der Waals surface area contributed by atoms with E-state index in [2.05, 4.69) is 60.3 Å². The summed E-state index contributed by atoms with van der Waals surface area (Å²) in [5, 5.41) is 9.50. The zero-order chi connectivity index (χ0) is 19.0. The average molecular weight is 366 g/mol. The second-order valence-corrected chi connectivity index (χ2v) is 9.81. The molecule has 3 fully saturated rings. The minimum atomic E-state index is 0.0235. The topological polar surface area (TPSA) is 30.3 Å². The Morgan fingerprint density at radius 2 is 1.70 bits per heavy atom. The molecule has 0 atom stereocenters. The van der Waals surface area contributed by atoms with Gasteiger partial charge in [-0.2, -0.15) is 5.26 Å². The predicted octanol–water partition coefficient (Wildman–Crippen LogP) is 4.79. The molecule has 0 unspecified atom stereocenters. The Kier molecular flexibility index (Phi) is 5.08. The van der Waals surface area contributed by atoms with Gasteiger partial charge in [0.25, 0.3) is 0 Å². The summed E-state index contributed by atoms with van der Waals surface area (Å²) < 4.78 is 0. The van der Waals surface area contributed by atoms with E-state index < -0.39 is 0 Å². The van der Waals surface area contributed by atoms with Crippen molar-refractivity contribution in [3.05, 3.63) is 35.9 Å². The van der Waals surface area contributed by atoms with E-state index in [1.54, 1.807) is 0 Å². The molecule has 27 heavy (non-hydrogen) atoms. The van der Waals surface area contributed by atoms with Crippen LogP contribution in [0.15, 0.2) is 30.3 Å². The van der Waals surface area contributed by atoms with E-state index in [1.165, 1.54) is 57.2 Å². The molecule has 3 heteroatoms. The highest BCUT2D eigenvalue weighted by molar-refractivity contribution is 5.26. The number of likely N-dealkylation sites (tertiary alicyclic amines) is 1. The lowest BCUT2D eigenvalue weighted by molar-refractivity contribution is 0.0373. The first-order chi connectivity index (χ1) is 13.0. The van der Waals surface area contributed by atoms with E-state index in [1.807, 2.05) is 0 Å². The molecular weight excluding hydrogens is 330 g/mol. The molecule has 1 spiro atoms. The van der Waals surface area contributed by atoms with Gasteiger partial charge in [-0.05, 0) is 89.5 Å². The number of hydrogen-bond donors (Lipinski definition) is 0. The van der Waals surface area contributed by atoms with Gasteiger partial charge in [0.05, 0.1) is 11.5 Å². The molecule has 1 heterocycles. The number of nitrogens with zero attached hydrogens (tertiary/aromatic N) is 3. The van der Waals surface area contributed by atoms with Crippen LogP contribution in [0.1, 0.15) is 63.4 Å². The van der Waals surface area contributed by atoms with Crippen molar-refractivity contribution in [1.29, 1.82) is 5.26 Å². The summed E-state index contributed by atoms with van der Waals surface area (Å²) in [5.74, 6) is 0. The van der Waals surface area contributed by atoms with Crippen LogP contribution in [0.4, 0.5) is 0 Å². The quantitative estimate of drug-likeness (QED) is 0.751. The Labute approximate surface area is 165 Å². The number of hydrogen-bond acceptors (Lipinski definition) is 3. The third kappa shape index (κ3) is 3.43. The van der Waals surface area contributed by atoms with Gasteiger partial charge < -0.3 is 4.90 Å². The first-order valence-electron chi connectivity index (χ1n) is 10.9. The largest absolute Gasteiger partial charge is 0.303 e. The lowest BCUT2D eigenvalue weighted by Gasteiger charge is -2.49. The fourth-order valence-electron chi connectivity index (χ4n) is 5.96. The lowest BCUT2D eigenvalue weighted by Crippen LogP contribution is -2.47. The fourth-order valence-corrected chi connectivity index (χ4v) is 5.96. The van der Waals surface area contributed by atoms with Crippen LogP contribution in [0, 0.1) is 22.2 Å². The van der Waals surface area contributed by atoms with Crippen LogP contribution in [0.25, 0.3) is 0 Å². The second kappa shape index (κ2) is 7.22. The van der Waals surface area contributed by atoms with E-state index in [-0.39, 0.29) is 11.0 Å². The van der Waals surface area contributed by atoms with Crippen molar-refractivity contribution in [3.63, 3.8) is 0 Å². The molecule has 4 rings (SSSR count). The van der Waals surface area contributed by atoms with Crippen LogP contribution in [-0.4, -0.2) is 43.5 Å². The molecule has 1 aliphatic heterocycles.